The van der Waals surface area contributed by atoms with E-state index in [4.69, 9.17) is 4.74 Å². The molecule has 0 aromatic heterocycles. The maximum Gasteiger partial charge on any atom is 0.407 e. The highest BCUT2D eigenvalue weighted by Crippen LogP contribution is 2.57. The van der Waals surface area contributed by atoms with Gasteiger partial charge in [0.2, 0.25) is 11.4 Å². The molecule has 0 fully saturated rings. The van der Waals surface area contributed by atoms with E-state index in [2.05, 4.69) is 10.1 Å². The Kier molecular flexibility index (Phi) is 3.73. The molecule has 0 bridgehead atoms. The number of Topliss-reactive ketones (excluding diaryl/α,β-unsaturated/α-hetero) is 1. The molecule has 3 N–H and O–H groups in total. The molecule has 3 atom stereocenters. The molecule has 0 radical (unpaired) electrons. The lowest BCUT2D eigenvalue weighted by molar-refractivity contribution is -0.205. The zero-order chi connectivity index (χ0) is 19.6. The molecule has 0 saturated carbocycles. The van der Waals surface area contributed by atoms with Crippen LogP contribution in [-0.4, -0.2) is 41.0 Å². The number of amides is 1. The highest BCUT2D eigenvalue weighted by atomic mass is 16.7. The summed E-state index contributed by atoms with van der Waals surface area (Å²) in [5.74, 6) is -2.41. The summed E-state index contributed by atoms with van der Waals surface area (Å²) in [4.78, 5) is 24.9. The van der Waals surface area contributed by atoms with Crippen molar-refractivity contribution >= 4 is 11.9 Å². The number of carbonyl (C=O) groups excluding carboxylic acids is 2. The van der Waals surface area contributed by atoms with Gasteiger partial charge >= 0.3 is 6.09 Å². The van der Waals surface area contributed by atoms with Crippen molar-refractivity contribution in [3.8, 4) is 5.75 Å². The van der Waals surface area contributed by atoms with Crippen LogP contribution in [0.1, 0.15) is 37.3 Å². The number of rotatable bonds is 2. The summed E-state index contributed by atoms with van der Waals surface area (Å²) < 4.78 is 10.4. The zero-order valence-electron chi connectivity index (χ0n) is 15.3. The lowest BCUT2D eigenvalue weighted by atomic mass is 9.85. The van der Waals surface area contributed by atoms with Crippen molar-refractivity contribution in [1.82, 2.24) is 5.32 Å². The zero-order valence-corrected chi connectivity index (χ0v) is 15.3. The molecule has 4 rings (SSSR count). The second-order valence-corrected chi connectivity index (χ2v) is 7.35. The van der Waals surface area contributed by atoms with Crippen LogP contribution >= 0.6 is 0 Å². The van der Waals surface area contributed by atoms with E-state index in [-0.39, 0.29) is 28.4 Å². The topological polar surface area (TPSA) is 105 Å². The van der Waals surface area contributed by atoms with E-state index in [9.17, 15) is 19.8 Å². The second-order valence-electron chi connectivity index (χ2n) is 7.35. The van der Waals surface area contributed by atoms with Crippen molar-refractivity contribution in [2.45, 2.75) is 43.6 Å². The van der Waals surface area contributed by atoms with E-state index < -0.39 is 29.3 Å². The van der Waals surface area contributed by atoms with Gasteiger partial charge in [-0.25, -0.2) is 4.79 Å². The number of benzene rings is 1. The van der Waals surface area contributed by atoms with E-state index in [1.54, 1.807) is 30.4 Å². The van der Waals surface area contributed by atoms with E-state index in [1.807, 2.05) is 13.8 Å². The van der Waals surface area contributed by atoms with Crippen LogP contribution in [0.4, 0.5) is 4.79 Å². The number of fused-ring (bicyclic) bond motifs is 4. The summed E-state index contributed by atoms with van der Waals surface area (Å²) in [7, 11) is 1.22. The average Bonchev–Trinajstić information content (AvgIpc) is 2.98. The molecule has 1 aromatic rings. The Labute approximate surface area is 156 Å². The van der Waals surface area contributed by atoms with Gasteiger partial charge in [0, 0.05) is 16.7 Å². The van der Waals surface area contributed by atoms with Gasteiger partial charge in [0.25, 0.3) is 5.79 Å². The van der Waals surface area contributed by atoms with E-state index in [1.165, 1.54) is 7.11 Å². The molecule has 1 aromatic carbocycles. The Morgan fingerprint density at radius 1 is 1.37 bits per heavy atom. The van der Waals surface area contributed by atoms with Crippen LogP contribution in [0.5, 0.6) is 5.75 Å². The van der Waals surface area contributed by atoms with E-state index in [0.717, 1.165) is 5.56 Å². The first-order valence-electron chi connectivity index (χ1n) is 8.82. The minimum Gasteiger partial charge on any atom is -0.454 e. The van der Waals surface area contributed by atoms with Crippen LogP contribution < -0.4 is 10.1 Å². The molecular formula is C20H21NO6. The van der Waals surface area contributed by atoms with E-state index in [0.29, 0.717) is 6.42 Å². The lowest BCUT2D eigenvalue weighted by Crippen LogP contribution is -2.53. The molecule has 1 amide bonds. The van der Waals surface area contributed by atoms with Crippen LogP contribution in [0.3, 0.4) is 0 Å². The number of hydrogen-bond acceptors (Lipinski definition) is 6. The summed E-state index contributed by atoms with van der Waals surface area (Å²) >= 11 is 0. The molecule has 27 heavy (non-hydrogen) atoms. The van der Waals surface area contributed by atoms with Crippen molar-refractivity contribution in [2.75, 3.05) is 7.11 Å². The third-order valence-electron chi connectivity index (χ3n) is 5.52. The maximum absolute atomic E-state index is 13.2. The quantitative estimate of drug-likeness (QED) is 0.730. The van der Waals surface area contributed by atoms with Crippen LogP contribution in [0.25, 0.3) is 0 Å². The first-order valence-corrected chi connectivity index (χ1v) is 8.82. The summed E-state index contributed by atoms with van der Waals surface area (Å²) in [6.45, 7) is 4.03. The van der Waals surface area contributed by atoms with Gasteiger partial charge in [-0.1, -0.05) is 38.1 Å². The number of methoxy groups -OCH3 is 1. The number of hydrogen-bond donors (Lipinski definition) is 3. The Balaban J connectivity index is 1.82. The lowest BCUT2D eigenvalue weighted by Gasteiger charge is -2.30. The van der Waals surface area contributed by atoms with Gasteiger partial charge in [-0.2, -0.15) is 0 Å². The van der Waals surface area contributed by atoms with Crippen molar-refractivity contribution in [3.05, 3.63) is 52.6 Å². The number of nitrogens with one attached hydrogen (secondary N) is 1. The summed E-state index contributed by atoms with van der Waals surface area (Å²) in [5, 5.41) is 25.2. The summed E-state index contributed by atoms with van der Waals surface area (Å²) in [6.07, 6.45) is 2.91. The fourth-order valence-corrected chi connectivity index (χ4v) is 4.04. The van der Waals surface area contributed by atoms with Gasteiger partial charge in [-0.3, -0.25) is 4.79 Å². The Bertz CT molecular complexity index is 917. The summed E-state index contributed by atoms with van der Waals surface area (Å²) in [6, 6.07) is 4.44. The van der Waals surface area contributed by atoms with Crippen molar-refractivity contribution in [2.24, 2.45) is 0 Å². The Morgan fingerprint density at radius 2 is 2.11 bits per heavy atom. The van der Waals surface area contributed by atoms with Crippen molar-refractivity contribution < 1.29 is 29.3 Å². The molecule has 0 spiro atoms. The molecule has 7 nitrogen and oxygen atoms in total. The minimum absolute atomic E-state index is 0.131. The van der Waals surface area contributed by atoms with Gasteiger partial charge in [-0.05, 0) is 24.0 Å². The average molecular weight is 371 g/mol. The third-order valence-corrected chi connectivity index (χ3v) is 5.52. The van der Waals surface area contributed by atoms with Crippen molar-refractivity contribution in [3.63, 3.8) is 0 Å². The molecule has 1 aliphatic heterocycles. The van der Waals surface area contributed by atoms with Crippen molar-refractivity contribution in [1.29, 1.82) is 0 Å². The smallest absolute Gasteiger partial charge is 0.407 e. The fourth-order valence-electron chi connectivity index (χ4n) is 4.04. The largest absolute Gasteiger partial charge is 0.454 e. The van der Waals surface area contributed by atoms with Crippen LogP contribution in [0, 0.1) is 0 Å². The highest BCUT2D eigenvalue weighted by molar-refractivity contribution is 6.10. The molecule has 2 aliphatic carbocycles. The molecule has 3 aliphatic rings. The van der Waals surface area contributed by atoms with Gasteiger partial charge in [0.15, 0.2) is 0 Å². The van der Waals surface area contributed by atoms with Crippen LogP contribution in [-0.2, 0) is 15.1 Å². The van der Waals surface area contributed by atoms with Gasteiger partial charge in [0.05, 0.1) is 13.2 Å². The van der Waals surface area contributed by atoms with Gasteiger partial charge in [0.1, 0.15) is 5.75 Å². The first-order chi connectivity index (χ1) is 12.7. The Morgan fingerprint density at radius 3 is 2.78 bits per heavy atom. The minimum atomic E-state index is -2.26. The molecule has 0 saturated heterocycles. The molecular weight excluding hydrogens is 350 g/mol. The monoisotopic (exact) mass is 371 g/mol. The maximum atomic E-state index is 13.2. The molecule has 3 unspecified atom stereocenters. The number of alkyl carbamates (subject to hydrolysis) is 1. The van der Waals surface area contributed by atoms with E-state index >= 15 is 0 Å². The normalized spacial score (nSPS) is 30.7. The SMILES string of the molecule is COC(=O)NC1CC=CC2=C1C(=O)C1(O)c3ccc(C(C)C)cc3OC21O. The summed E-state index contributed by atoms with van der Waals surface area (Å²) in [5.41, 5.74) is -0.782. The molecule has 142 valence electrons. The predicted octanol–water partition coefficient (Wildman–Crippen LogP) is 1.64. The predicted molar refractivity (Wildman–Crippen MR) is 95.1 cm³/mol. The molecule has 7 heteroatoms. The standard InChI is InChI=1S/C20H21NO6/c1-10(2)11-7-8-12-15(9-11)27-20(25)13-5-4-6-14(21-18(23)26-3)16(13)17(22)19(12,20)24/h4-5,7-10,14,24-25H,6H2,1-3H3,(H,21,23). The first kappa shape index (κ1) is 17.8. The Hall–Kier alpha value is -2.64. The number of aliphatic hydroxyl groups is 2. The number of ketones is 1. The number of carbonyl (C=O) groups is 2. The highest BCUT2D eigenvalue weighted by Gasteiger charge is 2.71. The second kappa shape index (κ2) is 5.68. The third kappa shape index (κ3) is 2.15. The molecule has 1 heterocycles. The van der Waals surface area contributed by atoms with Crippen LogP contribution in [0.15, 0.2) is 41.5 Å². The fraction of sp³-hybridized carbons (Fsp3) is 0.400. The van der Waals surface area contributed by atoms with Crippen LogP contribution in [0.2, 0.25) is 0 Å². The van der Waals surface area contributed by atoms with Gasteiger partial charge in [-0.15, -0.1) is 0 Å². The number of ether oxygens (including phenoxy) is 2. The van der Waals surface area contributed by atoms with Gasteiger partial charge < -0.3 is 25.0 Å².